The maximum absolute atomic E-state index is 12.6. The summed E-state index contributed by atoms with van der Waals surface area (Å²) < 4.78 is 47.2. The average Bonchev–Trinajstić information content (AvgIpc) is 2.73. The molecule has 1 aromatic heterocycles. The molecule has 0 bridgehead atoms. The first-order valence-electron chi connectivity index (χ1n) is 9.39. The fourth-order valence-corrected chi connectivity index (χ4v) is 3.08. The number of halogens is 3. The van der Waals surface area contributed by atoms with E-state index in [9.17, 15) is 18.0 Å². The van der Waals surface area contributed by atoms with Crippen LogP contribution in [0.15, 0.2) is 42.7 Å². The standard InChI is InChI=1S/C20H23F3N4O3/c1-29-17-3-2-16(12-18(17)30-14-20(21,22)23)25-19(28)27-10-8-26(9-11-27)13-15-4-6-24-7-5-15/h2-7,12H,8-11,13-14H2,1H3,(H,25,28). The Hall–Kier alpha value is -3.01. The number of hydrogen-bond acceptors (Lipinski definition) is 5. The number of alkyl halides is 3. The lowest BCUT2D eigenvalue weighted by atomic mass is 10.2. The molecule has 0 spiro atoms. The Morgan fingerprint density at radius 1 is 1.10 bits per heavy atom. The van der Waals surface area contributed by atoms with E-state index < -0.39 is 12.8 Å². The van der Waals surface area contributed by atoms with Crippen molar-refractivity contribution < 1.29 is 27.4 Å². The van der Waals surface area contributed by atoms with E-state index in [1.165, 1.54) is 19.2 Å². The number of ether oxygens (including phenoxy) is 2. The molecule has 162 valence electrons. The van der Waals surface area contributed by atoms with Crippen molar-refractivity contribution in [1.82, 2.24) is 14.8 Å². The van der Waals surface area contributed by atoms with Gasteiger partial charge < -0.3 is 19.7 Å². The number of amides is 2. The Kier molecular flexibility index (Phi) is 6.99. The molecule has 0 radical (unpaired) electrons. The maximum Gasteiger partial charge on any atom is 0.422 e. The molecule has 0 saturated carbocycles. The highest BCUT2D eigenvalue weighted by Crippen LogP contribution is 2.31. The molecule has 1 saturated heterocycles. The molecule has 30 heavy (non-hydrogen) atoms. The number of methoxy groups -OCH3 is 1. The SMILES string of the molecule is COc1ccc(NC(=O)N2CCN(Cc3ccncc3)CC2)cc1OCC(F)(F)F. The molecule has 10 heteroatoms. The molecule has 1 fully saturated rings. The Morgan fingerprint density at radius 2 is 1.80 bits per heavy atom. The first kappa shape index (κ1) is 21.7. The topological polar surface area (TPSA) is 66.9 Å². The number of rotatable bonds is 6. The van der Waals surface area contributed by atoms with Crippen LogP contribution in [0.2, 0.25) is 0 Å². The third-order valence-electron chi connectivity index (χ3n) is 4.62. The van der Waals surface area contributed by atoms with Crippen LogP contribution in [0.1, 0.15) is 5.56 Å². The number of anilines is 1. The minimum atomic E-state index is -4.47. The maximum atomic E-state index is 12.6. The molecule has 0 aliphatic carbocycles. The normalized spacial score (nSPS) is 15.0. The lowest BCUT2D eigenvalue weighted by Gasteiger charge is -2.34. The number of nitrogens with one attached hydrogen (secondary N) is 1. The zero-order chi connectivity index (χ0) is 21.6. The van der Waals surface area contributed by atoms with Crippen LogP contribution in [0, 0.1) is 0 Å². The molecule has 0 atom stereocenters. The quantitative estimate of drug-likeness (QED) is 0.770. The highest BCUT2D eigenvalue weighted by atomic mass is 19.4. The smallest absolute Gasteiger partial charge is 0.422 e. The van der Waals surface area contributed by atoms with Gasteiger partial charge in [-0.05, 0) is 29.8 Å². The molecule has 2 aromatic rings. The zero-order valence-corrected chi connectivity index (χ0v) is 16.5. The number of piperazine rings is 1. The van der Waals surface area contributed by atoms with Crippen LogP contribution < -0.4 is 14.8 Å². The van der Waals surface area contributed by atoms with Crippen LogP contribution in [-0.4, -0.2) is 66.9 Å². The van der Waals surface area contributed by atoms with Crippen LogP contribution in [0.25, 0.3) is 0 Å². The fraction of sp³-hybridized carbons (Fsp3) is 0.400. The van der Waals surface area contributed by atoms with Gasteiger partial charge in [0.05, 0.1) is 7.11 Å². The van der Waals surface area contributed by atoms with Crippen molar-refractivity contribution in [1.29, 1.82) is 0 Å². The molecule has 2 amide bonds. The summed E-state index contributed by atoms with van der Waals surface area (Å²) in [7, 11) is 1.33. The molecule has 3 rings (SSSR count). The Labute approximate surface area is 172 Å². The van der Waals surface area contributed by atoms with Crippen molar-refractivity contribution in [3.8, 4) is 11.5 Å². The largest absolute Gasteiger partial charge is 0.493 e. The molecule has 7 nitrogen and oxygen atoms in total. The van der Waals surface area contributed by atoms with E-state index in [1.807, 2.05) is 12.1 Å². The van der Waals surface area contributed by atoms with E-state index in [1.54, 1.807) is 23.4 Å². The second-order valence-electron chi connectivity index (χ2n) is 6.82. The van der Waals surface area contributed by atoms with E-state index in [-0.39, 0.29) is 17.5 Å². The van der Waals surface area contributed by atoms with Crippen LogP contribution in [-0.2, 0) is 6.54 Å². The van der Waals surface area contributed by atoms with Crippen LogP contribution in [0.4, 0.5) is 23.7 Å². The molecule has 1 aromatic carbocycles. The molecular weight excluding hydrogens is 401 g/mol. The Balaban J connectivity index is 1.54. The van der Waals surface area contributed by atoms with Gasteiger partial charge in [0.2, 0.25) is 0 Å². The van der Waals surface area contributed by atoms with Gasteiger partial charge in [-0.25, -0.2) is 4.79 Å². The highest BCUT2D eigenvalue weighted by molar-refractivity contribution is 5.89. The number of carbonyl (C=O) groups excluding carboxylic acids is 1. The van der Waals surface area contributed by atoms with Crippen molar-refractivity contribution in [2.24, 2.45) is 0 Å². The van der Waals surface area contributed by atoms with Gasteiger partial charge in [0.15, 0.2) is 18.1 Å². The Bertz CT molecular complexity index is 841. The molecule has 1 aliphatic rings. The number of aromatic nitrogens is 1. The second-order valence-corrected chi connectivity index (χ2v) is 6.82. The minimum Gasteiger partial charge on any atom is -0.493 e. The van der Waals surface area contributed by atoms with Gasteiger partial charge in [0.1, 0.15) is 0 Å². The first-order valence-corrected chi connectivity index (χ1v) is 9.39. The predicted octanol–water partition coefficient (Wildman–Crippen LogP) is 3.38. The van der Waals surface area contributed by atoms with Gasteiger partial charge in [0.25, 0.3) is 0 Å². The predicted molar refractivity (Wildman–Crippen MR) is 105 cm³/mol. The van der Waals surface area contributed by atoms with Gasteiger partial charge >= 0.3 is 12.2 Å². The lowest BCUT2D eigenvalue weighted by molar-refractivity contribution is -0.153. The van der Waals surface area contributed by atoms with E-state index in [0.29, 0.717) is 18.8 Å². The summed E-state index contributed by atoms with van der Waals surface area (Å²) >= 11 is 0. The van der Waals surface area contributed by atoms with Gasteiger partial charge in [-0.15, -0.1) is 0 Å². The van der Waals surface area contributed by atoms with Crippen LogP contribution in [0.3, 0.4) is 0 Å². The average molecular weight is 424 g/mol. The van der Waals surface area contributed by atoms with E-state index in [0.717, 1.165) is 25.2 Å². The number of nitrogens with zero attached hydrogens (tertiary/aromatic N) is 3. The van der Waals surface area contributed by atoms with Gasteiger partial charge in [-0.3, -0.25) is 9.88 Å². The second kappa shape index (κ2) is 9.66. The summed E-state index contributed by atoms with van der Waals surface area (Å²) in [5.41, 5.74) is 1.49. The number of carbonyl (C=O) groups is 1. The lowest BCUT2D eigenvalue weighted by Crippen LogP contribution is -2.49. The number of benzene rings is 1. The number of hydrogen-bond donors (Lipinski definition) is 1. The number of urea groups is 1. The Morgan fingerprint density at radius 3 is 2.43 bits per heavy atom. The summed E-state index contributed by atoms with van der Waals surface area (Å²) in [5, 5.41) is 2.71. The fourth-order valence-electron chi connectivity index (χ4n) is 3.08. The van der Waals surface area contributed by atoms with Gasteiger partial charge in [-0.1, -0.05) is 0 Å². The van der Waals surface area contributed by atoms with Crippen molar-refractivity contribution in [3.05, 3.63) is 48.3 Å². The van der Waals surface area contributed by atoms with E-state index in [4.69, 9.17) is 9.47 Å². The van der Waals surface area contributed by atoms with Crippen molar-refractivity contribution in [2.45, 2.75) is 12.7 Å². The van der Waals surface area contributed by atoms with E-state index >= 15 is 0 Å². The summed E-state index contributed by atoms with van der Waals surface area (Å²) in [6.07, 6.45) is -0.971. The van der Waals surface area contributed by atoms with Crippen molar-refractivity contribution in [2.75, 3.05) is 45.2 Å². The highest BCUT2D eigenvalue weighted by Gasteiger charge is 2.29. The molecule has 1 aliphatic heterocycles. The zero-order valence-electron chi connectivity index (χ0n) is 16.5. The van der Waals surface area contributed by atoms with Crippen LogP contribution in [0.5, 0.6) is 11.5 Å². The van der Waals surface area contributed by atoms with Crippen LogP contribution >= 0.6 is 0 Å². The minimum absolute atomic E-state index is 0.0882. The monoisotopic (exact) mass is 424 g/mol. The van der Waals surface area contributed by atoms with Gasteiger partial charge in [-0.2, -0.15) is 13.2 Å². The summed E-state index contributed by atoms with van der Waals surface area (Å²) in [6, 6.07) is 7.93. The van der Waals surface area contributed by atoms with E-state index in [2.05, 4.69) is 15.2 Å². The molecule has 1 N–H and O–H groups in total. The molecule has 2 heterocycles. The molecule has 0 unspecified atom stereocenters. The third-order valence-corrected chi connectivity index (χ3v) is 4.62. The third kappa shape index (κ3) is 6.24. The number of pyridine rings is 1. The summed E-state index contributed by atoms with van der Waals surface area (Å²) in [4.78, 5) is 20.5. The van der Waals surface area contributed by atoms with Gasteiger partial charge in [0, 0.05) is 56.9 Å². The summed E-state index contributed by atoms with van der Waals surface area (Å²) in [6.45, 7) is 1.88. The van der Waals surface area contributed by atoms with Crippen molar-refractivity contribution >= 4 is 11.7 Å². The molecular formula is C20H23F3N4O3. The first-order chi connectivity index (χ1) is 14.3. The summed E-state index contributed by atoms with van der Waals surface area (Å²) in [5.74, 6) is 0.0665. The van der Waals surface area contributed by atoms with Crippen molar-refractivity contribution in [3.63, 3.8) is 0 Å².